The van der Waals surface area contributed by atoms with Crippen molar-refractivity contribution in [1.82, 2.24) is 15.0 Å². The third-order valence-electron chi connectivity index (χ3n) is 4.10. The number of hydrogen-bond acceptors (Lipinski definition) is 5. The average molecular weight is 289 g/mol. The molecule has 1 saturated heterocycles. The van der Waals surface area contributed by atoms with Gasteiger partial charge in [0, 0.05) is 12.7 Å². The molecule has 0 bridgehead atoms. The van der Waals surface area contributed by atoms with Crippen LogP contribution in [0.15, 0.2) is 16.8 Å². The summed E-state index contributed by atoms with van der Waals surface area (Å²) >= 11 is 0. The number of aromatic nitrogens is 2. The highest BCUT2D eigenvalue weighted by molar-refractivity contribution is 6.00. The summed E-state index contributed by atoms with van der Waals surface area (Å²) in [6, 6.07) is 1.65. The standard InChI is InChI=1S/C14H15N3O4/c1-8-10-6-9(7-15-11(10)21-16-8)12(18)17-5-3-4-14(17,2)13(19)20/h6-7H,3-5H2,1-2H3,(H,19,20). The quantitative estimate of drug-likeness (QED) is 0.902. The normalized spacial score (nSPS) is 21.9. The Labute approximate surface area is 120 Å². The molecule has 2 aromatic heterocycles. The van der Waals surface area contributed by atoms with Gasteiger partial charge in [-0.05, 0) is 32.8 Å². The lowest BCUT2D eigenvalue weighted by Crippen LogP contribution is -2.50. The molecule has 7 heteroatoms. The van der Waals surface area contributed by atoms with E-state index in [0.717, 1.165) is 0 Å². The number of carbonyl (C=O) groups is 2. The molecule has 2 aromatic rings. The summed E-state index contributed by atoms with van der Waals surface area (Å²) in [6.07, 6.45) is 2.53. The molecular formula is C14H15N3O4. The predicted molar refractivity (Wildman–Crippen MR) is 72.9 cm³/mol. The SMILES string of the molecule is Cc1noc2ncc(C(=O)N3CCCC3(C)C(=O)O)cc12. The summed E-state index contributed by atoms with van der Waals surface area (Å²) in [6.45, 7) is 3.78. The first-order valence-electron chi connectivity index (χ1n) is 6.71. The molecule has 21 heavy (non-hydrogen) atoms. The van der Waals surface area contributed by atoms with Crippen molar-refractivity contribution in [1.29, 1.82) is 0 Å². The smallest absolute Gasteiger partial charge is 0.329 e. The number of nitrogens with zero attached hydrogens (tertiary/aromatic N) is 3. The van der Waals surface area contributed by atoms with Crippen LogP contribution in [0.1, 0.15) is 35.8 Å². The number of rotatable bonds is 2. The number of pyridine rings is 1. The Kier molecular flexibility index (Phi) is 2.93. The largest absolute Gasteiger partial charge is 0.480 e. The zero-order chi connectivity index (χ0) is 15.2. The summed E-state index contributed by atoms with van der Waals surface area (Å²) in [5.74, 6) is -1.31. The van der Waals surface area contributed by atoms with E-state index in [2.05, 4.69) is 10.1 Å². The van der Waals surface area contributed by atoms with Crippen molar-refractivity contribution in [2.75, 3.05) is 6.54 Å². The van der Waals surface area contributed by atoms with Gasteiger partial charge in [-0.2, -0.15) is 0 Å². The van der Waals surface area contributed by atoms with Gasteiger partial charge in [0.25, 0.3) is 11.6 Å². The summed E-state index contributed by atoms with van der Waals surface area (Å²) < 4.78 is 5.01. The van der Waals surface area contributed by atoms with Gasteiger partial charge in [0.2, 0.25) is 0 Å². The van der Waals surface area contributed by atoms with Crippen molar-refractivity contribution in [3.63, 3.8) is 0 Å². The van der Waals surface area contributed by atoms with Crippen LogP contribution in [0.5, 0.6) is 0 Å². The molecule has 0 radical (unpaired) electrons. The van der Waals surface area contributed by atoms with Crippen LogP contribution in [-0.4, -0.2) is 44.1 Å². The van der Waals surface area contributed by atoms with E-state index in [1.165, 1.54) is 11.1 Å². The second-order valence-corrected chi connectivity index (χ2v) is 5.48. The van der Waals surface area contributed by atoms with Crippen molar-refractivity contribution in [3.8, 4) is 0 Å². The van der Waals surface area contributed by atoms with Gasteiger partial charge in [-0.1, -0.05) is 5.16 Å². The van der Waals surface area contributed by atoms with E-state index in [1.54, 1.807) is 19.9 Å². The monoisotopic (exact) mass is 289 g/mol. The zero-order valence-corrected chi connectivity index (χ0v) is 11.8. The van der Waals surface area contributed by atoms with Crippen LogP contribution in [0, 0.1) is 6.92 Å². The molecule has 0 saturated carbocycles. The Balaban J connectivity index is 2.00. The molecule has 0 aliphatic carbocycles. The number of hydrogen-bond donors (Lipinski definition) is 1. The first kappa shape index (κ1) is 13.5. The van der Waals surface area contributed by atoms with Gasteiger partial charge in [-0.25, -0.2) is 9.78 Å². The highest BCUT2D eigenvalue weighted by Gasteiger charge is 2.46. The fourth-order valence-corrected chi connectivity index (χ4v) is 2.73. The minimum atomic E-state index is -1.16. The van der Waals surface area contributed by atoms with Gasteiger partial charge in [-0.3, -0.25) is 4.79 Å². The molecule has 1 aliphatic heterocycles. The van der Waals surface area contributed by atoms with Crippen LogP contribution in [0.2, 0.25) is 0 Å². The number of carboxylic acids is 1. The number of fused-ring (bicyclic) bond motifs is 1. The topological polar surface area (TPSA) is 96.5 Å². The minimum Gasteiger partial charge on any atom is -0.480 e. The van der Waals surface area contributed by atoms with Crippen LogP contribution in [0.3, 0.4) is 0 Å². The highest BCUT2D eigenvalue weighted by Crippen LogP contribution is 2.31. The number of aliphatic carboxylic acids is 1. The van der Waals surface area contributed by atoms with Crippen LogP contribution < -0.4 is 0 Å². The maximum Gasteiger partial charge on any atom is 0.329 e. The molecule has 3 rings (SSSR count). The number of aryl methyl sites for hydroxylation is 1. The fraction of sp³-hybridized carbons (Fsp3) is 0.429. The fourth-order valence-electron chi connectivity index (χ4n) is 2.73. The van der Waals surface area contributed by atoms with Crippen LogP contribution >= 0.6 is 0 Å². The van der Waals surface area contributed by atoms with Gasteiger partial charge >= 0.3 is 5.97 Å². The molecule has 1 N–H and O–H groups in total. The Morgan fingerprint density at radius 3 is 2.95 bits per heavy atom. The molecule has 1 amide bonds. The summed E-state index contributed by atoms with van der Waals surface area (Å²) in [5.41, 5.74) is 0.208. The molecule has 1 unspecified atom stereocenters. The van der Waals surface area contributed by atoms with Crippen LogP contribution in [-0.2, 0) is 4.79 Å². The molecule has 0 spiro atoms. The third kappa shape index (κ3) is 1.96. The Hall–Kier alpha value is -2.44. The van der Waals surface area contributed by atoms with E-state index in [1.807, 2.05) is 0 Å². The van der Waals surface area contributed by atoms with Gasteiger partial charge in [0.1, 0.15) is 5.54 Å². The number of amides is 1. The number of carboxylic acid groups (broad SMARTS) is 1. The van der Waals surface area contributed by atoms with Gasteiger partial charge in [0.15, 0.2) is 0 Å². The van der Waals surface area contributed by atoms with Crippen LogP contribution in [0.4, 0.5) is 0 Å². The van der Waals surface area contributed by atoms with Crippen LogP contribution in [0.25, 0.3) is 11.1 Å². The zero-order valence-electron chi connectivity index (χ0n) is 11.8. The van der Waals surface area contributed by atoms with E-state index in [-0.39, 0.29) is 5.91 Å². The average Bonchev–Trinajstić information content (AvgIpc) is 3.03. The van der Waals surface area contributed by atoms with Gasteiger partial charge in [-0.15, -0.1) is 0 Å². The first-order valence-corrected chi connectivity index (χ1v) is 6.71. The Morgan fingerprint density at radius 2 is 2.24 bits per heavy atom. The third-order valence-corrected chi connectivity index (χ3v) is 4.10. The first-order chi connectivity index (χ1) is 9.93. The lowest BCUT2D eigenvalue weighted by Gasteiger charge is -2.31. The van der Waals surface area contributed by atoms with Gasteiger partial charge in [0.05, 0.1) is 16.6 Å². The number of likely N-dealkylation sites (tertiary alicyclic amines) is 1. The molecule has 110 valence electrons. The highest BCUT2D eigenvalue weighted by atomic mass is 16.5. The molecule has 1 aliphatic rings. The summed E-state index contributed by atoms with van der Waals surface area (Å²) in [4.78, 5) is 29.5. The van der Waals surface area contributed by atoms with E-state index in [9.17, 15) is 14.7 Å². The van der Waals surface area contributed by atoms with E-state index in [4.69, 9.17) is 4.52 Å². The maximum atomic E-state index is 12.6. The van der Waals surface area contributed by atoms with Crippen molar-refractivity contribution in [3.05, 3.63) is 23.5 Å². The molecule has 7 nitrogen and oxygen atoms in total. The lowest BCUT2D eigenvalue weighted by atomic mass is 9.98. The molecule has 3 heterocycles. The summed E-state index contributed by atoms with van der Waals surface area (Å²) in [7, 11) is 0. The Bertz CT molecular complexity index is 739. The molecule has 1 atom stereocenters. The minimum absolute atomic E-state index is 0.326. The number of carbonyl (C=O) groups excluding carboxylic acids is 1. The lowest BCUT2D eigenvalue weighted by molar-refractivity contribution is -0.147. The van der Waals surface area contributed by atoms with Gasteiger partial charge < -0.3 is 14.5 Å². The van der Waals surface area contributed by atoms with Crippen molar-refractivity contribution >= 4 is 23.0 Å². The predicted octanol–water partition coefficient (Wildman–Crippen LogP) is 1.61. The van der Waals surface area contributed by atoms with Crippen molar-refractivity contribution in [2.24, 2.45) is 0 Å². The molecular weight excluding hydrogens is 274 g/mol. The Morgan fingerprint density at radius 1 is 1.48 bits per heavy atom. The van der Waals surface area contributed by atoms with E-state index < -0.39 is 11.5 Å². The molecule has 0 aromatic carbocycles. The maximum absolute atomic E-state index is 12.6. The second kappa shape index (κ2) is 4.54. The van der Waals surface area contributed by atoms with Crippen molar-refractivity contribution < 1.29 is 19.2 Å². The van der Waals surface area contributed by atoms with E-state index in [0.29, 0.717) is 41.7 Å². The second-order valence-electron chi connectivity index (χ2n) is 5.48. The van der Waals surface area contributed by atoms with E-state index >= 15 is 0 Å². The molecule has 1 fully saturated rings. The van der Waals surface area contributed by atoms with Crippen molar-refractivity contribution in [2.45, 2.75) is 32.2 Å². The summed E-state index contributed by atoms with van der Waals surface area (Å²) in [5, 5.41) is 13.8.